The lowest BCUT2D eigenvalue weighted by molar-refractivity contribution is -0.150. The van der Waals surface area contributed by atoms with Crippen LogP contribution in [0, 0.1) is 0 Å². The van der Waals surface area contributed by atoms with Crippen molar-refractivity contribution in [3.63, 3.8) is 0 Å². The van der Waals surface area contributed by atoms with Crippen LogP contribution in [-0.2, 0) is 14.3 Å². The smallest absolute Gasteiger partial charge is 0.306 e. The van der Waals surface area contributed by atoms with Crippen LogP contribution in [0.4, 0.5) is 0 Å². The maximum absolute atomic E-state index is 13.2. The lowest BCUT2D eigenvalue weighted by atomic mass is 10.0. The number of carbonyl (C=O) groups is 2. The predicted molar refractivity (Wildman–Crippen MR) is 273 cm³/mol. The summed E-state index contributed by atoms with van der Waals surface area (Å²) in [5.41, 5.74) is 0. The molecule has 6 nitrogen and oxygen atoms in total. The third kappa shape index (κ3) is 44.7. The van der Waals surface area contributed by atoms with Crippen molar-refractivity contribution >= 4 is 11.9 Å². The van der Waals surface area contributed by atoms with Crippen LogP contribution in [0.1, 0.15) is 201 Å². The first-order valence-electron chi connectivity index (χ1n) is 25.4. The Balaban J connectivity index is 4.70. The van der Waals surface area contributed by atoms with Crippen LogP contribution in [0.2, 0.25) is 0 Å². The Morgan fingerprint density at radius 3 is 1.41 bits per heavy atom. The molecule has 0 heterocycles. The molecule has 0 radical (unpaired) electrons. The van der Waals surface area contributed by atoms with Crippen LogP contribution < -0.4 is 5.32 Å². The first-order valence-corrected chi connectivity index (χ1v) is 25.4. The summed E-state index contributed by atoms with van der Waals surface area (Å²) in [6, 6.07) is -0.753. The van der Waals surface area contributed by atoms with Gasteiger partial charge in [0, 0.05) is 12.8 Å². The van der Waals surface area contributed by atoms with E-state index in [1.807, 2.05) is 91.1 Å². The van der Waals surface area contributed by atoms with E-state index in [2.05, 4.69) is 56.5 Å². The number of esters is 1. The van der Waals surface area contributed by atoms with Gasteiger partial charge in [-0.05, 0) is 38.5 Å². The number of carbonyl (C=O) groups excluding carboxylic acids is 2. The maximum atomic E-state index is 13.2. The maximum Gasteiger partial charge on any atom is 0.306 e. The number of aliphatic hydroxyl groups is 2. The quantitative estimate of drug-likeness (QED) is 0.0322. The van der Waals surface area contributed by atoms with Crippen molar-refractivity contribution in [1.82, 2.24) is 5.32 Å². The van der Waals surface area contributed by atoms with Gasteiger partial charge in [-0.3, -0.25) is 9.59 Å². The largest absolute Gasteiger partial charge is 0.461 e. The SMILES string of the molecule is CC/C=C/C=C/C=C\C=C/C=C/CC(CC(=O)NC(CO)C(O)CCCCCCCCCCCCCCCCC)OC(=O)CCCCCCC/C=C/C=C/C=C/C=C/C=C/CCC. The van der Waals surface area contributed by atoms with E-state index < -0.39 is 18.2 Å². The van der Waals surface area contributed by atoms with Crippen molar-refractivity contribution in [2.24, 2.45) is 0 Å². The molecule has 0 aromatic rings. The van der Waals surface area contributed by atoms with Crippen LogP contribution in [-0.4, -0.2) is 46.9 Å². The first kappa shape index (κ1) is 59.3. The summed E-state index contributed by atoms with van der Waals surface area (Å²) in [7, 11) is 0. The summed E-state index contributed by atoms with van der Waals surface area (Å²) in [4.78, 5) is 26.1. The van der Waals surface area contributed by atoms with Crippen LogP contribution in [0.25, 0.3) is 0 Å². The van der Waals surface area contributed by atoms with Crippen molar-refractivity contribution in [3.8, 4) is 0 Å². The van der Waals surface area contributed by atoms with E-state index in [4.69, 9.17) is 4.74 Å². The highest BCUT2D eigenvalue weighted by Gasteiger charge is 2.23. The van der Waals surface area contributed by atoms with Gasteiger partial charge in [-0.15, -0.1) is 0 Å². The number of aliphatic hydroxyl groups excluding tert-OH is 2. The van der Waals surface area contributed by atoms with Crippen molar-refractivity contribution < 1.29 is 24.5 Å². The number of ether oxygens (including phenoxy) is 1. The highest BCUT2D eigenvalue weighted by atomic mass is 16.5. The Morgan fingerprint density at radius 2 is 0.921 bits per heavy atom. The van der Waals surface area contributed by atoms with E-state index in [0.29, 0.717) is 19.3 Å². The Labute approximate surface area is 387 Å². The molecular weight excluding hydrogens is 779 g/mol. The van der Waals surface area contributed by atoms with Crippen LogP contribution in [0.3, 0.4) is 0 Å². The molecule has 0 aliphatic carbocycles. The van der Waals surface area contributed by atoms with Gasteiger partial charge in [0.05, 0.1) is 25.2 Å². The second kappa shape index (κ2) is 49.3. The Hall–Kier alpha value is -3.74. The summed E-state index contributed by atoms with van der Waals surface area (Å²) in [6.07, 6.45) is 68.5. The lowest BCUT2D eigenvalue weighted by Gasteiger charge is -2.24. The minimum absolute atomic E-state index is 0.0370. The zero-order valence-electron chi connectivity index (χ0n) is 40.4. The molecule has 3 N–H and O–H groups in total. The van der Waals surface area contributed by atoms with E-state index >= 15 is 0 Å². The topological polar surface area (TPSA) is 95.9 Å². The van der Waals surface area contributed by atoms with Crippen LogP contribution in [0.5, 0.6) is 0 Å². The number of nitrogens with one attached hydrogen (secondary N) is 1. The van der Waals surface area contributed by atoms with Gasteiger partial charge in [0.2, 0.25) is 5.91 Å². The normalized spacial score (nSPS) is 14.3. The molecule has 1 amide bonds. The van der Waals surface area contributed by atoms with Gasteiger partial charge < -0.3 is 20.3 Å². The number of rotatable bonds is 43. The molecule has 0 spiro atoms. The number of hydrogen-bond donors (Lipinski definition) is 3. The van der Waals surface area contributed by atoms with Crippen LogP contribution >= 0.6 is 0 Å². The van der Waals surface area contributed by atoms with Gasteiger partial charge in [-0.25, -0.2) is 0 Å². The zero-order valence-corrected chi connectivity index (χ0v) is 40.4. The molecular formula is C57H93NO5. The standard InChI is InChI=1S/C57H93NO5/c1-4-7-10-13-16-19-22-24-26-27-28-30-32-35-38-41-44-47-50-57(62)63-53(48-45-42-39-36-33-21-18-15-12-9-6-3)51-56(61)58-54(52-59)55(60)49-46-43-40-37-34-31-29-25-23-20-17-14-11-8-5-2/h9-10,12-13,15-16,18-19,21-22,24,26-28,30,33,36,39,42,45,53-55,59-60H,4-8,11,14,17,20,23,25,29,31-32,34-35,37-38,40-41,43-44,46-52H2,1-3H3,(H,58,61)/b12-9+,13-10+,18-15+,19-16+,24-22+,27-26+,30-28+,33-21-,39-36-,45-42+. The van der Waals surface area contributed by atoms with Crippen molar-refractivity contribution in [2.75, 3.05) is 6.61 Å². The molecule has 0 aromatic heterocycles. The number of unbranched alkanes of at least 4 members (excludes halogenated alkanes) is 20. The predicted octanol–water partition coefficient (Wildman–Crippen LogP) is 15.3. The monoisotopic (exact) mass is 872 g/mol. The van der Waals surface area contributed by atoms with Crippen molar-refractivity contribution in [3.05, 3.63) is 122 Å². The highest BCUT2D eigenvalue weighted by Crippen LogP contribution is 2.16. The number of allylic oxidation sites excluding steroid dienone is 19. The van der Waals surface area contributed by atoms with Gasteiger partial charge in [0.1, 0.15) is 6.10 Å². The molecule has 3 atom stereocenters. The molecule has 0 saturated carbocycles. The average molecular weight is 872 g/mol. The van der Waals surface area contributed by atoms with E-state index in [9.17, 15) is 19.8 Å². The number of amides is 1. The first-order chi connectivity index (χ1) is 31.0. The van der Waals surface area contributed by atoms with Gasteiger partial charge in [0.15, 0.2) is 0 Å². The molecule has 0 rings (SSSR count). The lowest BCUT2D eigenvalue weighted by Crippen LogP contribution is -2.46. The Bertz CT molecular complexity index is 1350. The molecule has 63 heavy (non-hydrogen) atoms. The number of hydrogen-bond acceptors (Lipinski definition) is 5. The minimum Gasteiger partial charge on any atom is -0.461 e. The minimum atomic E-state index is -0.830. The van der Waals surface area contributed by atoms with Crippen molar-refractivity contribution in [2.45, 2.75) is 219 Å². The summed E-state index contributed by atoms with van der Waals surface area (Å²) in [5, 5.41) is 23.7. The van der Waals surface area contributed by atoms with Gasteiger partial charge in [-0.1, -0.05) is 264 Å². The second-order valence-corrected chi connectivity index (χ2v) is 16.7. The molecule has 0 aliphatic rings. The van der Waals surface area contributed by atoms with Gasteiger partial charge >= 0.3 is 5.97 Å². The molecule has 0 saturated heterocycles. The molecule has 356 valence electrons. The van der Waals surface area contributed by atoms with E-state index in [-0.39, 0.29) is 24.9 Å². The molecule has 0 aliphatic heterocycles. The fraction of sp³-hybridized carbons (Fsp3) is 0.614. The zero-order chi connectivity index (χ0) is 45.9. The Kier molecular flexibility index (Phi) is 46.4. The molecule has 3 unspecified atom stereocenters. The fourth-order valence-corrected chi connectivity index (χ4v) is 6.95. The summed E-state index contributed by atoms with van der Waals surface area (Å²) in [5.74, 6) is -0.648. The van der Waals surface area contributed by atoms with E-state index in [1.54, 1.807) is 0 Å². The fourth-order valence-electron chi connectivity index (χ4n) is 6.95. The molecule has 6 heteroatoms. The third-order valence-corrected chi connectivity index (χ3v) is 10.8. The highest BCUT2D eigenvalue weighted by molar-refractivity contribution is 5.77. The van der Waals surface area contributed by atoms with Crippen molar-refractivity contribution in [1.29, 1.82) is 0 Å². The Morgan fingerprint density at radius 1 is 0.492 bits per heavy atom. The molecule has 0 bridgehead atoms. The average Bonchev–Trinajstić information content (AvgIpc) is 3.28. The third-order valence-electron chi connectivity index (χ3n) is 10.8. The molecule has 0 aromatic carbocycles. The van der Waals surface area contributed by atoms with E-state index in [1.165, 1.54) is 83.5 Å². The second-order valence-electron chi connectivity index (χ2n) is 16.7. The van der Waals surface area contributed by atoms with Gasteiger partial charge in [-0.2, -0.15) is 0 Å². The summed E-state index contributed by atoms with van der Waals surface area (Å²) in [6.45, 7) is 6.19. The van der Waals surface area contributed by atoms with Gasteiger partial charge in [0.25, 0.3) is 0 Å². The summed E-state index contributed by atoms with van der Waals surface area (Å²) >= 11 is 0. The summed E-state index contributed by atoms with van der Waals surface area (Å²) < 4.78 is 5.83. The van der Waals surface area contributed by atoms with E-state index in [0.717, 1.165) is 70.6 Å². The van der Waals surface area contributed by atoms with Crippen LogP contribution in [0.15, 0.2) is 122 Å². The molecule has 0 fully saturated rings.